The third-order valence-corrected chi connectivity index (χ3v) is 3.90. The van der Waals surface area contributed by atoms with Crippen molar-refractivity contribution in [3.05, 3.63) is 38.5 Å². The van der Waals surface area contributed by atoms with E-state index in [0.717, 1.165) is 6.92 Å². The molecule has 0 bridgehead atoms. The van der Waals surface area contributed by atoms with Gasteiger partial charge in [-0.05, 0) is 17.5 Å². The molecule has 0 saturated heterocycles. The molecule has 0 aliphatic heterocycles. The molecule has 2 aromatic rings. The van der Waals surface area contributed by atoms with E-state index in [2.05, 4.69) is 5.16 Å². The van der Waals surface area contributed by atoms with Crippen LogP contribution in [0.5, 0.6) is 0 Å². The van der Waals surface area contributed by atoms with Gasteiger partial charge in [0.1, 0.15) is 5.69 Å². The second-order valence-corrected chi connectivity index (χ2v) is 7.37. The monoisotopic (exact) mass is 367 g/mol. The Morgan fingerprint density at radius 2 is 1.50 bits per heavy atom. The normalized spacial score (nSPS) is 12.8. The molecule has 1 aromatic carbocycles. The zero-order valence-corrected chi connectivity index (χ0v) is 14.7. The van der Waals surface area contributed by atoms with Gasteiger partial charge in [0.25, 0.3) is 0 Å². The summed E-state index contributed by atoms with van der Waals surface area (Å²) in [7, 11) is 0. The number of alkyl halides is 2. The van der Waals surface area contributed by atoms with Crippen molar-refractivity contribution >= 4 is 34.8 Å². The van der Waals surface area contributed by atoms with Crippen molar-refractivity contribution < 1.29 is 13.3 Å². The lowest BCUT2D eigenvalue weighted by Crippen LogP contribution is -2.19. The van der Waals surface area contributed by atoms with Crippen LogP contribution in [-0.4, -0.2) is 5.16 Å². The predicted molar refractivity (Wildman–Crippen MR) is 85.2 cm³/mol. The van der Waals surface area contributed by atoms with Crippen LogP contribution in [0.3, 0.4) is 0 Å². The third-order valence-electron chi connectivity index (χ3n) is 3.08. The average molecular weight is 369 g/mol. The topological polar surface area (TPSA) is 26.0 Å². The fourth-order valence-corrected chi connectivity index (χ4v) is 3.22. The summed E-state index contributed by atoms with van der Waals surface area (Å²) in [5.41, 5.74) is 0.162. The first kappa shape index (κ1) is 17.5. The lowest BCUT2D eigenvalue weighted by molar-refractivity contribution is -0.0124. The molecule has 0 atom stereocenters. The van der Waals surface area contributed by atoms with Gasteiger partial charge in [-0.2, -0.15) is 8.78 Å². The molecule has 1 heterocycles. The number of hydrogen-bond acceptors (Lipinski definition) is 2. The van der Waals surface area contributed by atoms with Gasteiger partial charge in [0.15, 0.2) is 0 Å². The third kappa shape index (κ3) is 3.24. The number of hydrogen-bond donors (Lipinski definition) is 0. The van der Waals surface area contributed by atoms with Gasteiger partial charge in [-0.15, -0.1) is 0 Å². The summed E-state index contributed by atoms with van der Waals surface area (Å²) in [6.07, 6.45) is 0. The zero-order chi connectivity index (χ0) is 16.9. The number of aromatic nitrogens is 1. The van der Waals surface area contributed by atoms with Crippen molar-refractivity contribution in [3.63, 3.8) is 0 Å². The fourth-order valence-electron chi connectivity index (χ4n) is 2.22. The van der Waals surface area contributed by atoms with Crippen LogP contribution in [0.15, 0.2) is 16.7 Å². The van der Waals surface area contributed by atoms with Crippen molar-refractivity contribution in [1.29, 1.82) is 0 Å². The summed E-state index contributed by atoms with van der Waals surface area (Å²) in [6, 6.07) is 2.96. The first-order valence-electron chi connectivity index (χ1n) is 6.46. The lowest BCUT2D eigenvalue weighted by Gasteiger charge is -2.22. The molecule has 0 aliphatic rings. The molecule has 0 aliphatic carbocycles. The van der Waals surface area contributed by atoms with Crippen LogP contribution >= 0.6 is 34.8 Å². The number of rotatable bonds is 2. The summed E-state index contributed by atoms with van der Waals surface area (Å²) < 4.78 is 32.6. The average Bonchev–Trinajstić information content (AvgIpc) is 2.71. The van der Waals surface area contributed by atoms with E-state index in [-0.39, 0.29) is 21.3 Å². The van der Waals surface area contributed by atoms with E-state index in [1.165, 1.54) is 12.1 Å². The van der Waals surface area contributed by atoms with Crippen molar-refractivity contribution in [1.82, 2.24) is 5.16 Å². The SMILES string of the molecule is CC(C)(C)c1c(-c2c(Cl)cc(Cl)cc2Cl)noc1C(C)(F)F. The van der Waals surface area contributed by atoms with E-state index >= 15 is 0 Å². The first-order valence-corrected chi connectivity index (χ1v) is 7.59. The van der Waals surface area contributed by atoms with E-state index in [1.807, 2.05) is 0 Å². The summed E-state index contributed by atoms with van der Waals surface area (Å²) >= 11 is 18.2. The second kappa shape index (κ2) is 5.66. The molecule has 0 radical (unpaired) electrons. The maximum absolute atomic E-state index is 13.8. The Bertz CT molecular complexity index is 692. The zero-order valence-electron chi connectivity index (χ0n) is 12.4. The molecule has 1 aromatic heterocycles. The largest absolute Gasteiger partial charge is 0.354 e. The molecule has 2 nitrogen and oxygen atoms in total. The molecule has 0 unspecified atom stereocenters. The van der Waals surface area contributed by atoms with Gasteiger partial charge in [0.2, 0.25) is 5.76 Å². The smallest absolute Gasteiger partial charge is 0.305 e. The predicted octanol–water partition coefficient (Wildman–Crippen LogP) is 6.71. The molecular formula is C15H14Cl3F2NO. The standard InChI is InChI=1S/C15H14Cl3F2NO/c1-14(2,3)11-12(21-22-13(11)15(4,19)20)10-8(17)5-7(16)6-9(10)18/h5-6H,1-4H3. The molecule has 0 amide bonds. The Morgan fingerprint density at radius 1 is 1.00 bits per heavy atom. The molecule has 0 spiro atoms. The Morgan fingerprint density at radius 3 is 1.91 bits per heavy atom. The molecular weight excluding hydrogens is 355 g/mol. The van der Waals surface area contributed by atoms with Crippen molar-refractivity contribution in [3.8, 4) is 11.3 Å². The number of nitrogens with zero attached hydrogens (tertiary/aromatic N) is 1. The molecule has 120 valence electrons. The lowest BCUT2D eigenvalue weighted by atomic mass is 9.82. The minimum Gasteiger partial charge on any atom is -0.354 e. The maximum Gasteiger partial charge on any atom is 0.305 e. The van der Waals surface area contributed by atoms with E-state index in [4.69, 9.17) is 39.3 Å². The van der Waals surface area contributed by atoms with Crippen LogP contribution in [0.4, 0.5) is 8.78 Å². The van der Waals surface area contributed by atoms with Crippen LogP contribution in [0.1, 0.15) is 39.0 Å². The van der Waals surface area contributed by atoms with E-state index < -0.39 is 17.1 Å². The second-order valence-electron chi connectivity index (χ2n) is 6.12. The van der Waals surface area contributed by atoms with Crippen LogP contribution in [0.25, 0.3) is 11.3 Å². The van der Waals surface area contributed by atoms with Crippen molar-refractivity contribution in [2.24, 2.45) is 0 Å². The summed E-state index contributed by atoms with van der Waals surface area (Å²) in [5.74, 6) is -3.66. The van der Waals surface area contributed by atoms with Gasteiger partial charge < -0.3 is 4.52 Å². The van der Waals surface area contributed by atoms with Gasteiger partial charge in [0.05, 0.1) is 10.0 Å². The Labute approximate surface area is 142 Å². The van der Waals surface area contributed by atoms with Gasteiger partial charge in [-0.1, -0.05) is 60.7 Å². The van der Waals surface area contributed by atoms with Crippen LogP contribution in [-0.2, 0) is 11.3 Å². The molecule has 22 heavy (non-hydrogen) atoms. The quantitative estimate of drug-likeness (QED) is 0.588. The van der Waals surface area contributed by atoms with Gasteiger partial charge >= 0.3 is 5.92 Å². The first-order chi connectivity index (χ1) is 9.93. The number of benzene rings is 1. The van der Waals surface area contributed by atoms with E-state index in [9.17, 15) is 8.78 Å². The molecule has 0 fully saturated rings. The minimum absolute atomic E-state index is 0.204. The highest BCUT2D eigenvalue weighted by Crippen LogP contribution is 2.45. The summed E-state index contributed by atoms with van der Waals surface area (Å²) in [6.45, 7) is 6.12. The molecule has 7 heteroatoms. The Hall–Kier alpha value is -0.840. The van der Waals surface area contributed by atoms with Gasteiger partial charge in [-0.3, -0.25) is 0 Å². The van der Waals surface area contributed by atoms with Crippen molar-refractivity contribution in [2.45, 2.75) is 39.0 Å². The Balaban J connectivity index is 2.81. The van der Waals surface area contributed by atoms with Crippen molar-refractivity contribution in [2.75, 3.05) is 0 Å². The minimum atomic E-state index is -3.17. The highest BCUT2D eigenvalue weighted by molar-refractivity contribution is 6.41. The molecule has 0 N–H and O–H groups in total. The molecule has 2 rings (SSSR count). The van der Waals surface area contributed by atoms with E-state index in [1.54, 1.807) is 20.8 Å². The molecule has 0 saturated carbocycles. The Kier molecular flexibility index (Phi) is 4.51. The summed E-state index contributed by atoms with van der Waals surface area (Å²) in [4.78, 5) is 0. The number of halogens is 5. The van der Waals surface area contributed by atoms with Crippen LogP contribution in [0.2, 0.25) is 15.1 Å². The van der Waals surface area contributed by atoms with Crippen LogP contribution in [0, 0.1) is 0 Å². The van der Waals surface area contributed by atoms with E-state index in [0.29, 0.717) is 10.6 Å². The van der Waals surface area contributed by atoms with Gasteiger partial charge in [-0.25, -0.2) is 0 Å². The highest BCUT2D eigenvalue weighted by Gasteiger charge is 2.40. The van der Waals surface area contributed by atoms with Crippen LogP contribution < -0.4 is 0 Å². The van der Waals surface area contributed by atoms with Gasteiger partial charge in [0, 0.05) is 23.1 Å². The highest BCUT2D eigenvalue weighted by atomic mass is 35.5. The fraction of sp³-hybridized carbons (Fsp3) is 0.400. The summed E-state index contributed by atoms with van der Waals surface area (Å²) in [5, 5.41) is 4.60. The maximum atomic E-state index is 13.8.